The second-order valence-electron chi connectivity index (χ2n) is 4.77. The third-order valence-corrected chi connectivity index (χ3v) is 3.66. The minimum absolute atomic E-state index is 0.531. The van der Waals surface area contributed by atoms with Gasteiger partial charge < -0.3 is 5.32 Å². The van der Waals surface area contributed by atoms with E-state index in [1.165, 1.54) is 19.3 Å². The Kier molecular flexibility index (Phi) is 4.06. The van der Waals surface area contributed by atoms with Crippen LogP contribution >= 0.6 is 15.9 Å². The van der Waals surface area contributed by atoms with Crippen molar-refractivity contribution in [2.75, 3.05) is 5.32 Å². The first-order valence-corrected chi connectivity index (χ1v) is 6.97. The van der Waals surface area contributed by atoms with Gasteiger partial charge in [-0.05, 0) is 37.0 Å². The molecule has 1 aromatic rings. The molecule has 1 fully saturated rings. The number of rotatable bonds is 5. The van der Waals surface area contributed by atoms with Crippen LogP contribution in [0.3, 0.4) is 0 Å². The SMILES string of the molecule is CCC(CC1CC1)Nc1cc(Br)cc(C#N)c1. The second kappa shape index (κ2) is 5.55. The lowest BCUT2D eigenvalue weighted by atomic mass is 10.1. The van der Waals surface area contributed by atoms with Crippen molar-refractivity contribution in [3.05, 3.63) is 28.2 Å². The molecule has 1 N–H and O–H groups in total. The van der Waals surface area contributed by atoms with Crippen LogP contribution in [-0.4, -0.2) is 6.04 Å². The second-order valence-corrected chi connectivity index (χ2v) is 5.68. The van der Waals surface area contributed by atoms with Crippen LogP contribution < -0.4 is 5.32 Å². The molecule has 0 aliphatic heterocycles. The van der Waals surface area contributed by atoms with Crippen molar-refractivity contribution >= 4 is 21.6 Å². The molecule has 0 radical (unpaired) electrons. The van der Waals surface area contributed by atoms with Crippen LogP contribution in [0, 0.1) is 17.2 Å². The minimum Gasteiger partial charge on any atom is -0.382 e. The van der Waals surface area contributed by atoms with Crippen LogP contribution in [0.4, 0.5) is 5.69 Å². The van der Waals surface area contributed by atoms with E-state index in [4.69, 9.17) is 5.26 Å². The van der Waals surface area contributed by atoms with Gasteiger partial charge in [0.25, 0.3) is 0 Å². The zero-order valence-corrected chi connectivity index (χ0v) is 11.6. The number of hydrogen-bond donors (Lipinski definition) is 1. The fourth-order valence-electron chi connectivity index (χ4n) is 2.06. The monoisotopic (exact) mass is 292 g/mol. The normalized spacial score (nSPS) is 16.3. The molecule has 1 unspecified atom stereocenters. The molecule has 2 nitrogen and oxygen atoms in total. The summed E-state index contributed by atoms with van der Waals surface area (Å²) in [6, 6.07) is 8.51. The number of anilines is 1. The van der Waals surface area contributed by atoms with Crippen LogP contribution in [0.15, 0.2) is 22.7 Å². The van der Waals surface area contributed by atoms with Crippen LogP contribution in [0.5, 0.6) is 0 Å². The molecule has 1 aliphatic rings. The van der Waals surface area contributed by atoms with Gasteiger partial charge in [0.1, 0.15) is 0 Å². The van der Waals surface area contributed by atoms with Gasteiger partial charge in [-0.25, -0.2) is 0 Å². The Bertz CT molecular complexity index is 432. The Morgan fingerprint density at radius 3 is 2.82 bits per heavy atom. The van der Waals surface area contributed by atoms with Crippen molar-refractivity contribution in [3.63, 3.8) is 0 Å². The van der Waals surface area contributed by atoms with Gasteiger partial charge >= 0.3 is 0 Å². The van der Waals surface area contributed by atoms with Gasteiger partial charge in [0.15, 0.2) is 0 Å². The van der Waals surface area contributed by atoms with Crippen molar-refractivity contribution in [2.24, 2.45) is 5.92 Å². The maximum Gasteiger partial charge on any atom is 0.0992 e. The number of nitrogens with zero attached hydrogens (tertiary/aromatic N) is 1. The van der Waals surface area contributed by atoms with Crippen molar-refractivity contribution in [1.29, 1.82) is 5.26 Å². The molecular weight excluding hydrogens is 276 g/mol. The highest BCUT2D eigenvalue weighted by atomic mass is 79.9. The predicted octanol–water partition coefficient (Wildman–Crippen LogP) is 4.31. The maximum absolute atomic E-state index is 8.93. The van der Waals surface area contributed by atoms with E-state index in [0.717, 1.165) is 22.5 Å². The molecule has 17 heavy (non-hydrogen) atoms. The fourth-order valence-corrected chi connectivity index (χ4v) is 2.55. The third-order valence-electron chi connectivity index (χ3n) is 3.21. The Labute approximate surface area is 111 Å². The number of nitriles is 1. The lowest BCUT2D eigenvalue weighted by Crippen LogP contribution is -2.19. The van der Waals surface area contributed by atoms with Crippen molar-refractivity contribution < 1.29 is 0 Å². The van der Waals surface area contributed by atoms with Crippen molar-refractivity contribution in [3.8, 4) is 6.07 Å². The lowest BCUT2D eigenvalue weighted by molar-refractivity contribution is 0.587. The van der Waals surface area contributed by atoms with E-state index in [0.29, 0.717) is 11.6 Å². The number of benzene rings is 1. The molecule has 2 rings (SSSR count). The largest absolute Gasteiger partial charge is 0.382 e. The smallest absolute Gasteiger partial charge is 0.0992 e. The summed E-state index contributed by atoms with van der Waals surface area (Å²) in [4.78, 5) is 0. The van der Waals surface area contributed by atoms with Gasteiger partial charge in [0.05, 0.1) is 11.6 Å². The van der Waals surface area contributed by atoms with Gasteiger partial charge in [0, 0.05) is 16.2 Å². The van der Waals surface area contributed by atoms with Gasteiger partial charge in [-0.3, -0.25) is 0 Å². The minimum atomic E-state index is 0.531. The molecule has 0 spiro atoms. The van der Waals surface area contributed by atoms with Crippen molar-refractivity contribution in [2.45, 2.75) is 38.6 Å². The number of nitrogens with one attached hydrogen (secondary N) is 1. The molecular formula is C14H17BrN2. The summed E-state index contributed by atoms with van der Waals surface area (Å²) >= 11 is 3.44. The molecule has 0 aromatic heterocycles. The molecule has 90 valence electrons. The average Bonchev–Trinajstić information content (AvgIpc) is 3.11. The molecule has 1 aromatic carbocycles. The first-order valence-electron chi connectivity index (χ1n) is 6.18. The molecule has 3 heteroatoms. The molecule has 1 atom stereocenters. The molecule has 1 saturated carbocycles. The van der Waals surface area contributed by atoms with E-state index in [1.54, 1.807) is 0 Å². The molecule has 0 amide bonds. The Morgan fingerprint density at radius 1 is 1.47 bits per heavy atom. The van der Waals surface area contributed by atoms with Gasteiger partial charge in [-0.15, -0.1) is 0 Å². The summed E-state index contributed by atoms with van der Waals surface area (Å²) in [7, 11) is 0. The maximum atomic E-state index is 8.93. The van der Waals surface area contributed by atoms with E-state index >= 15 is 0 Å². The lowest BCUT2D eigenvalue weighted by Gasteiger charge is -2.18. The summed E-state index contributed by atoms with van der Waals surface area (Å²) in [5.41, 5.74) is 1.74. The van der Waals surface area contributed by atoms with Crippen LogP contribution in [0.1, 0.15) is 38.2 Å². The first kappa shape index (κ1) is 12.4. The Morgan fingerprint density at radius 2 is 2.24 bits per heavy atom. The zero-order valence-electron chi connectivity index (χ0n) is 10.0. The van der Waals surface area contributed by atoms with Gasteiger partial charge in [0.2, 0.25) is 0 Å². The van der Waals surface area contributed by atoms with Crippen LogP contribution in [-0.2, 0) is 0 Å². The molecule has 0 saturated heterocycles. The van der Waals surface area contributed by atoms with Gasteiger partial charge in [-0.1, -0.05) is 35.7 Å². The molecule has 1 aliphatic carbocycles. The third kappa shape index (κ3) is 3.74. The Balaban J connectivity index is 2.05. The molecule has 0 bridgehead atoms. The topological polar surface area (TPSA) is 35.8 Å². The molecule has 0 heterocycles. The highest BCUT2D eigenvalue weighted by molar-refractivity contribution is 9.10. The quantitative estimate of drug-likeness (QED) is 0.878. The number of hydrogen-bond acceptors (Lipinski definition) is 2. The van der Waals surface area contributed by atoms with E-state index in [2.05, 4.69) is 34.2 Å². The highest BCUT2D eigenvalue weighted by Gasteiger charge is 2.24. The van der Waals surface area contributed by atoms with E-state index in [9.17, 15) is 0 Å². The van der Waals surface area contributed by atoms with E-state index in [-0.39, 0.29) is 0 Å². The first-order chi connectivity index (χ1) is 8.21. The summed E-state index contributed by atoms with van der Waals surface area (Å²) < 4.78 is 0.959. The van der Waals surface area contributed by atoms with Crippen molar-refractivity contribution in [1.82, 2.24) is 0 Å². The summed E-state index contributed by atoms with van der Waals surface area (Å²) in [5, 5.41) is 12.5. The Hall–Kier alpha value is -1.01. The highest BCUT2D eigenvalue weighted by Crippen LogP contribution is 2.35. The summed E-state index contributed by atoms with van der Waals surface area (Å²) in [5.74, 6) is 0.926. The van der Waals surface area contributed by atoms with Crippen LogP contribution in [0.2, 0.25) is 0 Å². The number of halogens is 1. The predicted molar refractivity (Wildman–Crippen MR) is 73.9 cm³/mol. The van der Waals surface area contributed by atoms with E-state index in [1.807, 2.05) is 18.2 Å². The zero-order chi connectivity index (χ0) is 12.3. The summed E-state index contributed by atoms with van der Waals surface area (Å²) in [6.07, 6.45) is 5.16. The summed E-state index contributed by atoms with van der Waals surface area (Å²) in [6.45, 7) is 2.21. The standard InChI is InChI=1S/C14H17BrN2/c1-2-13(6-10-3-4-10)17-14-7-11(9-16)5-12(15)8-14/h5,7-8,10,13,17H,2-4,6H2,1H3. The van der Waals surface area contributed by atoms with E-state index < -0.39 is 0 Å². The van der Waals surface area contributed by atoms with Crippen LogP contribution in [0.25, 0.3) is 0 Å². The average molecular weight is 293 g/mol. The fraction of sp³-hybridized carbons (Fsp3) is 0.500. The van der Waals surface area contributed by atoms with Gasteiger partial charge in [-0.2, -0.15) is 5.26 Å².